The fourth-order valence-corrected chi connectivity index (χ4v) is 4.80. The van der Waals surface area contributed by atoms with Crippen molar-refractivity contribution in [3.05, 3.63) is 70.2 Å². The molecule has 3 aromatic rings. The molecule has 0 aliphatic heterocycles. The monoisotopic (exact) mass is 446 g/mol. The zero-order chi connectivity index (χ0) is 21.7. The number of para-hydroxylation sites is 1. The molecule has 0 saturated heterocycles. The van der Waals surface area contributed by atoms with Crippen LogP contribution in [0.3, 0.4) is 0 Å². The lowest BCUT2D eigenvalue weighted by atomic mass is 10.1. The first-order chi connectivity index (χ1) is 14.3. The second-order valence-electron chi connectivity index (χ2n) is 6.90. The van der Waals surface area contributed by atoms with Crippen LogP contribution in [0.15, 0.2) is 52.2 Å². The van der Waals surface area contributed by atoms with Crippen LogP contribution in [0.2, 0.25) is 0 Å². The Balaban J connectivity index is 1.84. The van der Waals surface area contributed by atoms with Gasteiger partial charge in [-0.25, -0.2) is 14.2 Å². The zero-order valence-electron chi connectivity index (χ0n) is 17.0. The molecular weight excluding hydrogens is 423 g/mol. The predicted molar refractivity (Wildman–Crippen MR) is 120 cm³/mol. The first-order valence-electron chi connectivity index (χ1n) is 9.40. The van der Waals surface area contributed by atoms with Crippen LogP contribution in [-0.2, 0) is 6.61 Å². The van der Waals surface area contributed by atoms with Gasteiger partial charge in [-0.15, -0.1) is 11.3 Å². The average molecular weight is 447 g/mol. The van der Waals surface area contributed by atoms with Crippen molar-refractivity contribution in [1.29, 1.82) is 0 Å². The van der Waals surface area contributed by atoms with Gasteiger partial charge in [-0.05, 0) is 50.1 Å². The molecule has 1 atom stereocenters. The summed E-state index contributed by atoms with van der Waals surface area (Å²) in [5.41, 5.74) is 3.72. The molecule has 1 unspecified atom stereocenters. The number of hydrogen-bond acceptors (Lipinski definition) is 6. The lowest BCUT2D eigenvalue weighted by molar-refractivity contribution is 0.0697. The molecule has 0 amide bonds. The topological polar surface area (TPSA) is 62.7 Å². The number of aryl methyl sites for hydroxylation is 2. The first kappa shape index (κ1) is 22.1. The number of halogens is 1. The number of carbonyl (C=O) groups is 1. The fourth-order valence-electron chi connectivity index (χ4n) is 2.80. The third-order valence-corrected chi connectivity index (χ3v) is 6.33. The molecule has 0 fully saturated rings. The van der Waals surface area contributed by atoms with Gasteiger partial charge in [0, 0.05) is 23.0 Å². The van der Waals surface area contributed by atoms with Crippen molar-refractivity contribution in [3.63, 3.8) is 0 Å². The van der Waals surface area contributed by atoms with E-state index in [4.69, 9.17) is 9.84 Å². The van der Waals surface area contributed by atoms with E-state index in [1.807, 2.05) is 41.7 Å². The summed E-state index contributed by atoms with van der Waals surface area (Å²) in [6.45, 7) is 5.87. The van der Waals surface area contributed by atoms with Crippen molar-refractivity contribution in [1.82, 2.24) is 4.98 Å². The summed E-state index contributed by atoms with van der Waals surface area (Å²) in [5.74, 6) is -0.296. The molecule has 5 nitrogen and oxygen atoms in total. The van der Waals surface area contributed by atoms with Crippen LogP contribution in [0.5, 0.6) is 5.75 Å². The third kappa shape index (κ3) is 5.73. The minimum Gasteiger partial charge on any atom is -0.486 e. The Hall–Kier alpha value is -2.58. The Bertz CT molecular complexity index is 1010. The number of aromatic nitrogens is 1. The third-order valence-electron chi connectivity index (χ3n) is 4.25. The SMILES string of the molecule is Cc1csc(SN(CC(C)F)c2cccc(C)c2OCc2ccc(C(=O)O)cc2)n1. The highest BCUT2D eigenvalue weighted by Gasteiger charge is 2.20. The van der Waals surface area contributed by atoms with Crippen molar-refractivity contribution in [2.24, 2.45) is 0 Å². The summed E-state index contributed by atoms with van der Waals surface area (Å²) < 4.78 is 22.8. The van der Waals surface area contributed by atoms with Crippen molar-refractivity contribution < 1.29 is 19.0 Å². The molecule has 0 bridgehead atoms. The van der Waals surface area contributed by atoms with E-state index in [0.717, 1.165) is 26.8 Å². The quantitative estimate of drug-likeness (QED) is 0.412. The van der Waals surface area contributed by atoms with Gasteiger partial charge in [0.25, 0.3) is 0 Å². The van der Waals surface area contributed by atoms with Crippen LogP contribution >= 0.6 is 23.3 Å². The summed E-state index contributed by atoms with van der Waals surface area (Å²) in [4.78, 5) is 15.5. The summed E-state index contributed by atoms with van der Waals surface area (Å²) in [6, 6.07) is 12.3. The van der Waals surface area contributed by atoms with Crippen LogP contribution in [0.25, 0.3) is 0 Å². The lowest BCUT2D eigenvalue weighted by Crippen LogP contribution is -2.23. The van der Waals surface area contributed by atoms with Gasteiger partial charge in [0.1, 0.15) is 18.5 Å². The highest BCUT2D eigenvalue weighted by molar-refractivity contribution is 8.02. The van der Waals surface area contributed by atoms with E-state index in [9.17, 15) is 9.18 Å². The van der Waals surface area contributed by atoms with Crippen LogP contribution in [0.4, 0.5) is 10.1 Å². The Morgan fingerprint density at radius 3 is 2.60 bits per heavy atom. The van der Waals surface area contributed by atoms with E-state index in [-0.39, 0.29) is 18.7 Å². The van der Waals surface area contributed by atoms with Gasteiger partial charge in [-0.3, -0.25) is 0 Å². The molecule has 8 heteroatoms. The molecule has 0 aliphatic carbocycles. The highest BCUT2D eigenvalue weighted by atomic mass is 32.2. The average Bonchev–Trinajstić information content (AvgIpc) is 3.11. The molecule has 30 heavy (non-hydrogen) atoms. The Morgan fingerprint density at radius 1 is 1.27 bits per heavy atom. The minimum atomic E-state index is -1.03. The molecule has 1 aromatic heterocycles. The van der Waals surface area contributed by atoms with Crippen LogP contribution in [-0.4, -0.2) is 28.8 Å². The van der Waals surface area contributed by atoms with Gasteiger partial charge in [-0.2, -0.15) is 0 Å². The number of carboxylic acid groups (broad SMARTS) is 1. The molecule has 0 spiro atoms. The molecule has 1 N–H and O–H groups in total. The number of hydrogen-bond donors (Lipinski definition) is 1. The molecule has 3 rings (SSSR count). The highest BCUT2D eigenvalue weighted by Crippen LogP contribution is 2.39. The number of ether oxygens (including phenoxy) is 1. The number of benzene rings is 2. The lowest BCUT2D eigenvalue weighted by Gasteiger charge is -2.26. The Morgan fingerprint density at radius 2 is 2.00 bits per heavy atom. The Kier molecular flexibility index (Phi) is 7.33. The van der Waals surface area contributed by atoms with E-state index in [1.54, 1.807) is 24.3 Å². The minimum absolute atomic E-state index is 0.191. The molecule has 2 aromatic carbocycles. The maximum Gasteiger partial charge on any atom is 0.335 e. The van der Waals surface area contributed by atoms with Crippen LogP contribution < -0.4 is 9.04 Å². The van der Waals surface area contributed by atoms with Crippen molar-refractivity contribution in [2.45, 2.75) is 37.9 Å². The molecule has 158 valence electrons. The first-order valence-corrected chi connectivity index (χ1v) is 11.0. The van der Waals surface area contributed by atoms with E-state index in [0.29, 0.717) is 5.75 Å². The van der Waals surface area contributed by atoms with Gasteiger partial charge in [0.15, 0.2) is 4.34 Å². The maximum absolute atomic E-state index is 14.0. The van der Waals surface area contributed by atoms with Crippen molar-refractivity contribution >= 4 is 34.9 Å². The number of rotatable bonds is 9. The Labute approximate surface area is 183 Å². The smallest absolute Gasteiger partial charge is 0.335 e. The van der Waals surface area contributed by atoms with Crippen molar-refractivity contribution in [3.8, 4) is 5.75 Å². The number of thiazole rings is 1. The predicted octanol–water partition coefficient (Wildman–Crippen LogP) is 5.91. The standard InChI is InChI=1S/C22H23FN2O3S2/c1-14-5-4-6-19(25(11-15(2)23)30-22-24-16(3)13-29-22)20(14)28-12-17-7-9-18(10-8-17)21(26)27/h4-10,13,15H,11-12H2,1-3H3,(H,26,27). The van der Waals surface area contributed by atoms with E-state index >= 15 is 0 Å². The molecule has 1 heterocycles. The molecule has 0 aliphatic rings. The fraction of sp³-hybridized carbons (Fsp3) is 0.273. The van der Waals surface area contributed by atoms with Gasteiger partial charge in [0.05, 0.1) is 17.8 Å². The summed E-state index contributed by atoms with van der Waals surface area (Å²) >= 11 is 2.92. The van der Waals surface area contributed by atoms with Crippen molar-refractivity contribution in [2.75, 3.05) is 10.8 Å². The number of alkyl halides is 1. The largest absolute Gasteiger partial charge is 0.486 e. The maximum atomic E-state index is 14.0. The van der Waals surface area contributed by atoms with E-state index in [2.05, 4.69) is 4.98 Å². The number of nitrogens with zero attached hydrogens (tertiary/aromatic N) is 2. The molecule has 0 saturated carbocycles. The van der Waals surface area contributed by atoms with Gasteiger partial charge >= 0.3 is 5.97 Å². The summed E-state index contributed by atoms with van der Waals surface area (Å²) in [5, 5.41) is 11.0. The van der Waals surface area contributed by atoms with E-state index in [1.165, 1.54) is 30.2 Å². The van der Waals surface area contributed by atoms with Crippen LogP contribution in [0.1, 0.15) is 34.1 Å². The van der Waals surface area contributed by atoms with Gasteiger partial charge < -0.3 is 14.1 Å². The summed E-state index contributed by atoms with van der Waals surface area (Å²) in [6.07, 6.45) is -1.03. The number of carboxylic acids is 1. The van der Waals surface area contributed by atoms with Gasteiger partial charge in [0.2, 0.25) is 0 Å². The zero-order valence-corrected chi connectivity index (χ0v) is 18.6. The van der Waals surface area contributed by atoms with Gasteiger partial charge in [-0.1, -0.05) is 24.3 Å². The normalized spacial score (nSPS) is 11.9. The second kappa shape index (κ2) is 9.95. The summed E-state index contributed by atoms with van der Waals surface area (Å²) in [7, 11) is 0. The molecular formula is C22H23FN2O3S2. The van der Waals surface area contributed by atoms with Crippen LogP contribution in [0, 0.1) is 13.8 Å². The second-order valence-corrected chi connectivity index (χ2v) is 9.03. The number of aromatic carboxylic acids is 1. The number of anilines is 1. The van der Waals surface area contributed by atoms with E-state index < -0.39 is 12.1 Å². The molecule has 0 radical (unpaired) electrons.